The first-order valence-corrected chi connectivity index (χ1v) is 39.5. The van der Waals surface area contributed by atoms with Crippen LogP contribution in [-0.2, 0) is 0 Å². The molecule has 0 spiro atoms. The van der Waals surface area contributed by atoms with E-state index in [9.17, 15) is 80.2 Å². The number of hydrogen-bond donors (Lipinski definition) is 0. The highest BCUT2D eigenvalue weighted by molar-refractivity contribution is 5.94. The first kappa shape index (κ1) is 93.8. The van der Waals surface area contributed by atoms with Crippen LogP contribution in [-0.4, -0.2) is 86.0 Å². The maximum Gasteiger partial charge on any atom is 0.438 e. The molecule has 0 aliphatic heterocycles. The van der Waals surface area contributed by atoms with E-state index in [0.29, 0.717) is 37.1 Å². The molecule has 0 saturated carbocycles. The average Bonchev–Trinajstić information content (AvgIpc) is 0.694. The molecule has 10 nitrogen and oxygen atoms in total. The molecular formula is C83H115F15O10. The van der Waals surface area contributed by atoms with Gasteiger partial charge in [0.1, 0.15) is 23.0 Å². The normalized spacial score (nSPS) is 12.5. The molecule has 0 radical (unpaired) electrons. The molecule has 0 saturated heterocycles. The van der Waals surface area contributed by atoms with Gasteiger partial charge in [0, 0.05) is 6.42 Å². The molecule has 0 aliphatic rings. The first-order chi connectivity index (χ1) is 51.5. The molecule has 4 rings (SSSR count). The van der Waals surface area contributed by atoms with E-state index in [2.05, 4.69) is 20.8 Å². The van der Waals surface area contributed by atoms with E-state index in [0.717, 1.165) is 57.8 Å². The van der Waals surface area contributed by atoms with Crippen LogP contribution in [0.4, 0.5) is 65.9 Å². The lowest BCUT2D eigenvalue weighted by molar-refractivity contribution is -0.457. The molecule has 4 aromatic rings. The van der Waals surface area contributed by atoms with Crippen molar-refractivity contribution >= 4 is 17.9 Å². The van der Waals surface area contributed by atoms with E-state index in [-0.39, 0.29) is 65.6 Å². The van der Waals surface area contributed by atoms with Crippen LogP contribution in [0.2, 0.25) is 0 Å². The Bertz CT molecular complexity index is 3060. The van der Waals surface area contributed by atoms with Crippen molar-refractivity contribution in [3.05, 3.63) is 102 Å². The molecule has 0 N–H and O–H groups in total. The van der Waals surface area contributed by atoms with E-state index in [1.807, 2.05) is 0 Å². The molecule has 0 fully saturated rings. The molecule has 0 unspecified atom stereocenters. The topological polar surface area (TPSA) is 116 Å². The van der Waals surface area contributed by atoms with Gasteiger partial charge in [0.15, 0.2) is 11.5 Å². The fourth-order valence-corrected chi connectivity index (χ4v) is 12.4. The van der Waals surface area contributed by atoms with Gasteiger partial charge in [0.2, 0.25) is 5.75 Å². The van der Waals surface area contributed by atoms with Crippen molar-refractivity contribution in [3.63, 3.8) is 0 Å². The van der Waals surface area contributed by atoms with Crippen LogP contribution in [0.15, 0.2) is 84.9 Å². The Hall–Kier alpha value is -6.56. The van der Waals surface area contributed by atoms with Gasteiger partial charge in [-0.05, 0) is 111 Å². The third-order valence-corrected chi connectivity index (χ3v) is 19.0. The van der Waals surface area contributed by atoms with Gasteiger partial charge >= 0.3 is 59.6 Å². The molecule has 25 heteroatoms. The van der Waals surface area contributed by atoms with Crippen molar-refractivity contribution in [3.8, 4) is 40.2 Å². The van der Waals surface area contributed by atoms with Gasteiger partial charge in [0.25, 0.3) is 0 Å². The van der Waals surface area contributed by atoms with Gasteiger partial charge in [0.05, 0.1) is 43.1 Å². The number of carbonyl (C=O) groups is 3. The lowest BCUT2D eigenvalue weighted by Gasteiger charge is -2.43. The smallest absolute Gasteiger partial charge is 0.438 e. The Morgan fingerprint density at radius 1 is 0.278 bits per heavy atom. The Kier molecular flexibility index (Phi) is 43.1. The van der Waals surface area contributed by atoms with Crippen LogP contribution in [0.5, 0.6) is 40.2 Å². The summed E-state index contributed by atoms with van der Waals surface area (Å²) in [5.41, 5.74) is -8.01. The zero-order valence-corrected chi connectivity index (χ0v) is 63.4. The van der Waals surface area contributed by atoms with Gasteiger partial charge < -0.3 is 33.2 Å². The number of benzene rings is 4. The van der Waals surface area contributed by atoms with Crippen LogP contribution in [0, 0.1) is 0 Å². The molecule has 0 heterocycles. The van der Waals surface area contributed by atoms with Crippen LogP contribution < -0.4 is 33.2 Å². The summed E-state index contributed by atoms with van der Waals surface area (Å²) in [5, 5.41) is 0. The number of unbranched alkanes of at least 4 members (excludes halogenated alkanes) is 37. The standard InChI is InChI=1S/C83H115F15O10/c1-4-7-10-13-16-19-22-25-28-31-36-42-58-103-71-62-66(63-72(104-59-43-37-32-29-26-23-20-17-14-11-8-5-2)73(71)105-60-44-38-33-30-27-24-21-18-15-12-9-6-3)76(101)108-67-50-48-64(49-51-67)74(99)106-68-52-54-69(55-53-68)107-75(100)65-46-45-47-70(61-65)102-57-41-39-34-35-40-56-77(84,85)79(87,88)81(91,92)80(89,90)78(86,82(93,94)95)83(96,97)98/h45-55,61-63H,4-44,56-60H2,1-3H3. The second-order valence-electron chi connectivity index (χ2n) is 28.2. The quantitative estimate of drug-likeness (QED) is 0.0183. The number of esters is 3. The molecule has 108 heavy (non-hydrogen) atoms. The van der Waals surface area contributed by atoms with Gasteiger partial charge in [-0.2, -0.15) is 61.5 Å². The monoisotopic (exact) mass is 1560 g/mol. The summed E-state index contributed by atoms with van der Waals surface area (Å²) in [6.07, 6.45) is 23.4. The van der Waals surface area contributed by atoms with Crippen LogP contribution in [0.3, 0.4) is 0 Å². The summed E-state index contributed by atoms with van der Waals surface area (Å²) < 4.78 is 246. The van der Waals surface area contributed by atoms with E-state index in [4.69, 9.17) is 33.2 Å². The summed E-state index contributed by atoms with van der Waals surface area (Å²) >= 11 is 0. The molecule has 612 valence electrons. The van der Waals surface area contributed by atoms with Crippen molar-refractivity contribution in [1.82, 2.24) is 0 Å². The number of carbonyl (C=O) groups excluding carboxylic acids is 3. The Labute approximate surface area is 629 Å². The number of ether oxygens (including phenoxy) is 7. The summed E-state index contributed by atoms with van der Waals surface area (Å²) in [6.45, 7) is 7.92. The molecule has 0 bridgehead atoms. The average molecular weight is 1560 g/mol. The molecule has 0 aromatic heterocycles. The van der Waals surface area contributed by atoms with Gasteiger partial charge in [-0.1, -0.05) is 258 Å². The van der Waals surface area contributed by atoms with Crippen molar-refractivity contribution in [2.45, 2.75) is 332 Å². The van der Waals surface area contributed by atoms with E-state index in [1.54, 1.807) is 12.1 Å². The van der Waals surface area contributed by atoms with Crippen molar-refractivity contribution in [2.24, 2.45) is 0 Å². The predicted molar refractivity (Wildman–Crippen MR) is 389 cm³/mol. The van der Waals surface area contributed by atoms with Crippen LogP contribution >= 0.6 is 0 Å². The van der Waals surface area contributed by atoms with E-state index < -0.39 is 78.9 Å². The van der Waals surface area contributed by atoms with Crippen molar-refractivity contribution in [1.29, 1.82) is 0 Å². The van der Waals surface area contributed by atoms with Crippen molar-refractivity contribution in [2.75, 3.05) is 26.4 Å². The minimum absolute atomic E-state index is 0.00750. The zero-order chi connectivity index (χ0) is 79.4. The minimum atomic E-state index is -8.44. The number of alkyl halides is 15. The predicted octanol–water partition coefficient (Wildman–Crippen LogP) is 27.7. The van der Waals surface area contributed by atoms with Crippen molar-refractivity contribution < 1.29 is 113 Å². The molecule has 0 aliphatic carbocycles. The van der Waals surface area contributed by atoms with Gasteiger partial charge in [-0.15, -0.1) is 0 Å². The van der Waals surface area contributed by atoms with Gasteiger partial charge in [-0.25, -0.2) is 18.8 Å². The summed E-state index contributed by atoms with van der Waals surface area (Å²) in [4.78, 5) is 40.6. The third kappa shape index (κ3) is 31.7. The summed E-state index contributed by atoms with van der Waals surface area (Å²) in [5.74, 6) is -31.1. The van der Waals surface area contributed by atoms with E-state index in [1.165, 1.54) is 246 Å². The maximum absolute atomic E-state index is 14.3. The van der Waals surface area contributed by atoms with Crippen LogP contribution in [0.25, 0.3) is 0 Å². The number of halogens is 15. The third-order valence-electron chi connectivity index (χ3n) is 19.0. The largest absolute Gasteiger partial charge is 0.494 e. The first-order valence-electron chi connectivity index (χ1n) is 39.5. The highest BCUT2D eigenvalue weighted by atomic mass is 19.4. The second kappa shape index (κ2) is 49.6. The molecule has 4 aromatic carbocycles. The fourth-order valence-electron chi connectivity index (χ4n) is 12.4. The summed E-state index contributed by atoms with van der Waals surface area (Å²) in [7, 11) is 0. The second-order valence-corrected chi connectivity index (χ2v) is 28.2. The van der Waals surface area contributed by atoms with E-state index >= 15 is 0 Å². The Morgan fingerprint density at radius 3 is 0.926 bits per heavy atom. The number of rotatable bonds is 61. The molecule has 0 atom stereocenters. The molecular weight excluding hydrogens is 1440 g/mol. The Balaban J connectivity index is 1.33. The maximum atomic E-state index is 14.3. The van der Waals surface area contributed by atoms with Gasteiger partial charge in [-0.3, -0.25) is 0 Å². The highest BCUT2D eigenvalue weighted by Crippen LogP contribution is 2.64. The zero-order valence-electron chi connectivity index (χ0n) is 63.4. The Morgan fingerprint density at radius 2 is 0.574 bits per heavy atom. The lowest BCUT2D eigenvalue weighted by Crippen LogP contribution is -2.75. The van der Waals surface area contributed by atoms with Crippen LogP contribution in [0.1, 0.15) is 322 Å². The fraction of sp³-hybridized carbons (Fsp3) is 0.675. The highest BCUT2D eigenvalue weighted by Gasteiger charge is 2.95. The SMILES string of the molecule is CCCCCCCCCCCCCCOc1cc(C(=O)Oc2ccc(C(=O)Oc3ccc(OC(=O)c4cccc(OCCCCCCCC(F)(F)C(F)(F)C(F)(F)C(F)(F)C(F)(C(F)(F)F)C(F)(F)F)c4)cc3)cc2)cc(OCCCCCCCCCCCCCC)c1OCCCCCCCCCCCCCC. The summed E-state index contributed by atoms with van der Waals surface area (Å²) in [6, 6.07) is 20.2. The lowest BCUT2D eigenvalue weighted by atomic mass is 9.85. The number of hydrogen-bond acceptors (Lipinski definition) is 10. The molecule has 0 amide bonds. The minimum Gasteiger partial charge on any atom is -0.494 e.